The maximum absolute atomic E-state index is 8.66. The second kappa shape index (κ2) is 3.21. The van der Waals surface area contributed by atoms with Gasteiger partial charge in [-0.2, -0.15) is 0 Å². The molecule has 0 aromatic carbocycles. The molecule has 0 radical (unpaired) electrons. The Labute approximate surface area is 62.2 Å². The fourth-order valence-corrected chi connectivity index (χ4v) is 0. The minimum absolute atomic E-state index is 0. The molecule has 34 valence electrons. The van der Waals surface area contributed by atoms with Crippen LogP contribution in [0, 0.1) is 0 Å². The Balaban J connectivity index is 0. The zero-order chi connectivity index (χ0) is 4.50. The van der Waals surface area contributed by atoms with Crippen molar-refractivity contribution >= 4 is 37.9 Å². The van der Waals surface area contributed by atoms with Crippen molar-refractivity contribution in [2.24, 2.45) is 0 Å². The molecule has 3 heteroatoms. The SMILES string of the molecule is C[Si](C)(C)O.[NaH]. The summed E-state index contributed by atoms with van der Waals surface area (Å²) in [6.45, 7) is 5.65. The molecule has 0 spiro atoms. The van der Waals surface area contributed by atoms with E-state index in [9.17, 15) is 0 Å². The van der Waals surface area contributed by atoms with Crippen molar-refractivity contribution in [3.63, 3.8) is 0 Å². The van der Waals surface area contributed by atoms with Gasteiger partial charge in [-0.05, 0) is 19.6 Å². The maximum atomic E-state index is 8.66. The molecule has 0 aliphatic heterocycles. The summed E-state index contributed by atoms with van der Waals surface area (Å²) in [5.41, 5.74) is 0. The van der Waals surface area contributed by atoms with Crippen molar-refractivity contribution in [2.75, 3.05) is 0 Å². The number of hydrogen-bond donors (Lipinski definition) is 1. The molecule has 0 heterocycles. The van der Waals surface area contributed by atoms with Crippen LogP contribution in [0.1, 0.15) is 0 Å². The van der Waals surface area contributed by atoms with Gasteiger partial charge >= 0.3 is 29.6 Å². The summed E-state index contributed by atoms with van der Waals surface area (Å²) in [5, 5.41) is 0. The van der Waals surface area contributed by atoms with E-state index in [-0.39, 0.29) is 29.6 Å². The number of rotatable bonds is 0. The van der Waals surface area contributed by atoms with Crippen LogP contribution in [0.15, 0.2) is 0 Å². The molecule has 6 heavy (non-hydrogen) atoms. The summed E-state index contributed by atoms with van der Waals surface area (Å²) in [4.78, 5) is 8.66. The van der Waals surface area contributed by atoms with Crippen molar-refractivity contribution in [3.05, 3.63) is 0 Å². The monoisotopic (exact) mass is 114 g/mol. The van der Waals surface area contributed by atoms with Gasteiger partial charge < -0.3 is 4.80 Å². The summed E-state index contributed by atoms with van der Waals surface area (Å²) < 4.78 is 0. The van der Waals surface area contributed by atoms with E-state index in [1.54, 1.807) is 0 Å². The molecule has 0 amide bonds. The van der Waals surface area contributed by atoms with Crippen molar-refractivity contribution in [2.45, 2.75) is 19.6 Å². The first-order valence-electron chi connectivity index (χ1n) is 1.72. The van der Waals surface area contributed by atoms with Crippen LogP contribution in [-0.2, 0) is 0 Å². The van der Waals surface area contributed by atoms with Gasteiger partial charge in [0.15, 0.2) is 8.32 Å². The van der Waals surface area contributed by atoms with Gasteiger partial charge in [0.1, 0.15) is 0 Å². The van der Waals surface area contributed by atoms with Crippen LogP contribution in [0.25, 0.3) is 0 Å². The summed E-state index contributed by atoms with van der Waals surface area (Å²) in [6, 6.07) is 0. The molecule has 0 aromatic rings. The Morgan fingerprint density at radius 1 is 1.17 bits per heavy atom. The Hall–Kier alpha value is 1.18. The Bertz CT molecular complexity index is 26.3. The average Bonchev–Trinajstić information content (AvgIpc) is 0.722. The van der Waals surface area contributed by atoms with Crippen LogP contribution in [-0.4, -0.2) is 42.7 Å². The van der Waals surface area contributed by atoms with Crippen molar-refractivity contribution < 1.29 is 4.80 Å². The molecule has 0 aliphatic carbocycles. The molecule has 1 nitrogen and oxygen atoms in total. The van der Waals surface area contributed by atoms with E-state index in [4.69, 9.17) is 4.80 Å². The van der Waals surface area contributed by atoms with Crippen molar-refractivity contribution in [3.8, 4) is 0 Å². The minimum atomic E-state index is -1.61. The first kappa shape index (κ1) is 10.2. The van der Waals surface area contributed by atoms with E-state index in [0.717, 1.165) is 0 Å². The summed E-state index contributed by atoms with van der Waals surface area (Å²) in [5.74, 6) is 0. The molecular weight excluding hydrogens is 103 g/mol. The van der Waals surface area contributed by atoms with Gasteiger partial charge in [-0.1, -0.05) is 0 Å². The molecule has 0 unspecified atom stereocenters. The Morgan fingerprint density at radius 3 is 1.17 bits per heavy atom. The van der Waals surface area contributed by atoms with E-state index in [2.05, 4.69) is 0 Å². The third kappa shape index (κ3) is 65.2. The summed E-state index contributed by atoms with van der Waals surface area (Å²) in [7, 11) is -1.61. The van der Waals surface area contributed by atoms with Crippen LogP contribution in [0.2, 0.25) is 19.6 Å². The van der Waals surface area contributed by atoms with Crippen LogP contribution >= 0.6 is 0 Å². The van der Waals surface area contributed by atoms with Gasteiger partial charge in [0, 0.05) is 0 Å². The second-order valence-corrected chi connectivity index (χ2v) is 6.51. The van der Waals surface area contributed by atoms with Crippen LogP contribution < -0.4 is 0 Å². The predicted octanol–water partition coefficient (Wildman–Crippen LogP) is 0.165. The van der Waals surface area contributed by atoms with E-state index in [0.29, 0.717) is 0 Å². The zero-order valence-electron chi connectivity index (χ0n) is 3.95. The molecule has 0 bridgehead atoms. The molecule has 0 aromatic heterocycles. The normalized spacial score (nSPS) is 10.0. The Morgan fingerprint density at radius 2 is 1.17 bits per heavy atom. The molecule has 0 saturated heterocycles. The molecule has 0 atom stereocenters. The van der Waals surface area contributed by atoms with Crippen LogP contribution in [0.4, 0.5) is 0 Å². The fourth-order valence-electron chi connectivity index (χ4n) is 0. The topological polar surface area (TPSA) is 20.2 Å². The summed E-state index contributed by atoms with van der Waals surface area (Å²) >= 11 is 0. The summed E-state index contributed by atoms with van der Waals surface area (Å²) in [6.07, 6.45) is 0. The van der Waals surface area contributed by atoms with E-state index >= 15 is 0 Å². The quantitative estimate of drug-likeness (QED) is 0.445. The zero-order valence-corrected chi connectivity index (χ0v) is 4.95. The van der Waals surface area contributed by atoms with Crippen molar-refractivity contribution in [1.29, 1.82) is 0 Å². The molecule has 0 rings (SSSR count). The van der Waals surface area contributed by atoms with Gasteiger partial charge in [0.25, 0.3) is 0 Å². The van der Waals surface area contributed by atoms with E-state index < -0.39 is 8.32 Å². The third-order valence-electron chi connectivity index (χ3n) is 0. The van der Waals surface area contributed by atoms with Crippen LogP contribution in [0.3, 0.4) is 0 Å². The predicted molar refractivity (Wildman–Crippen MR) is 32.7 cm³/mol. The molecule has 0 fully saturated rings. The fraction of sp³-hybridized carbons (Fsp3) is 1.00. The van der Waals surface area contributed by atoms with Crippen LogP contribution in [0.5, 0.6) is 0 Å². The third-order valence-corrected chi connectivity index (χ3v) is 0. The van der Waals surface area contributed by atoms with Crippen molar-refractivity contribution in [1.82, 2.24) is 0 Å². The first-order chi connectivity index (χ1) is 2.00. The second-order valence-electron chi connectivity index (χ2n) is 2.17. The average molecular weight is 114 g/mol. The molecule has 1 N–H and O–H groups in total. The van der Waals surface area contributed by atoms with Gasteiger partial charge in [-0.15, -0.1) is 0 Å². The standard InChI is InChI=1S/C3H10OSi.Na.H/c1-5(2,3)4;;/h4H,1-3H3;;. The van der Waals surface area contributed by atoms with E-state index in [1.807, 2.05) is 19.6 Å². The number of hydrogen-bond acceptors (Lipinski definition) is 1. The van der Waals surface area contributed by atoms with Gasteiger partial charge in [-0.25, -0.2) is 0 Å². The molecule has 0 saturated carbocycles. The van der Waals surface area contributed by atoms with Gasteiger partial charge in [0.2, 0.25) is 0 Å². The molecular formula is C3H11NaOSi. The molecule has 0 aliphatic rings. The first-order valence-corrected chi connectivity index (χ1v) is 5.17. The van der Waals surface area contributed by atoms with Gasteiger partial charge in [0.05, 0.1) is 0 Å². The Kier molecular flexibility index (Phi) is 5.47. The van der Waals surface area contributed by atoms with Gasteiger partial charge in [-0.3, -0.25) is 0 Å². The van der Waals surface area contributed by atoms with E-state index in [1.165, 1.54) is 0 Å².